The fourth-order valence-electron chi connectivity index (χ4n) is 2.46. The maximum atomic E-state index is 13.5. The second-order valence-electron chi connectivity index (χ2n) is 5.18. The molecule has 0 amide bonds. The number of nitrogens with zero attached hydrogens (tertiary/aromatic N) is 2. The highest BCUT2D eigenvalue weighted by Gasteiger charge is 2.14. The summed E-state index contributed by atoms with van der Waals surface area (Å²) < 4.78 is 20.5. The molecular formula is C17H17FN2O3. The number of ether oxygens (including phenoxy) is 1. The van der Waals surface area contributed by atoms with Crippen molar-refractivity contribution in [1.29, 1.82) is 0 Å². The number of benzene rings is 2. The number of rotatable bonds is 6. The van der Waals surface area contributed by atoms with E-state index in [4.69, 9.17) is 4.74 Å². The van der Waals surface area contributed by atoms with E-state index < -0.39 is 11.9 Å². The first kappa shape index (κ1) is 15.5. The van der Waals surface area contributed by atoms with Crippen molar-refractivity contribution in [3.8, 4) is 5.75 Å². The van der Waals surface area contributed by atoms with Crippen molar-refractivity contribution < 1.29 is 19.3 Å². The zero-order chi connectivity index (χ0) is 16.2. The Labute approximate surface area is 132 Å². The van der Waals surface area contributed by atoms with Crippen LogP contribution in [-0.2, 0) is 13.2 Å². The summed E-state index contributed by atoms with van der Waals surface area (Å²) in [6.07, 6.45) is -0.863. The monoisotopic (exact) mass is 316 g/mol. The molecule has 0 bridgehead atoms. The van der Waals surface area contributed by atoms with E-state index in [-0.39, 0.29) is 25.5 Å². The molecule has 6 heteroatoms. The fraction of sp³-hybridized carbons (Fsp3) is 0.235. The van der Waals surface area contributed by atoms with E-state index in [9.17, 15) is 14.6 Å². The molecule has 0 saturated heterocycles. The van der Waals surface area contributed by atoms with Gasteiger partial charge in [-0.05, 0) is 24.3 Å². The Bertz CT molecular complexity index is 803. The van der Waals surface area contributed by atoms with Crippen LogP contribution in [0.5, 0.6) is 5.75 Å². The maximum absolute atomic E-state index is 13.5. The fourth-order valence-corrected chi connectivity index (χ4v) is 2.46. The molecule has 2 aromatic carbocycles. The first-order chi connectivity index (χ1) is 11.2. The zero-order valence-electron chi connectivity index (χ0n) is 12.4. The average molecular weight is 316 g/mol. The van der Waals surface area contributed by atoms with Crippen LogP contribution < -0.4 is 4.74 Å². The lowest BCUT2D eigenvalue weighted by molar-refractivity contribution is 0.0895. The number of para-hydroxylation sites is 3. The van der Waals surface area contributed by atoms with Crippen molar-refractivity contribution >= 4 is 11.0 Å². The van der Waals surface area contributed by atoms with Crippen LogP contribution in [0.1, 0.15) is 5.82 Å². The van der Waals surface area contributed by atoms with E-state index in [1.54, 1.807) is 16.7 Å². The summed E-state index contributed by atoms with van der Waals surface area (Å²) in [5.74, 6) is 0.101. The van der Waals surface area contributed by atoms with E-state index in [1.165, 1.54) is 12.1 Å². The highest BCUT2D eigenvalue weighted by molar-refractivity contribution is 5.75. The summed E-state index contributed by atoms with van der Waals surface area (Å²) in [7, 11) is 0. The quantitative estimate of drug-likeness (QED) is 0.731. The van der Waals surface area contributed by atoms with Gasteiger partial charge < -0.3 is 19.5 Å². The van der Waals surface area contributed by atoms with Gasteiger partial charge in [0.2, 0.25) is 0 Å². The van der Waals surface area contributed by atoms with Crippen molar-refractivity contribution in [2.75, 3.05) is 6.61 Å². The van der Waals surface area contributed by atoms with E-state index >= 15 is 0 Å². The van der Waals surface area contributed by atoms with Gasteiger partial charge in [-0.1, -0.05) is 24.3 Å². The van der Waals surface area contributed by atoms with Crippen molar-refractivity contribution in [1.82, 2.24) is 9.55 Å². The number of aromatic nitrogens is 2. The minimum atomic E-state index is -0.863. The lowest BCUT2D eigenvalue weighted by atomic mass is 10.3. The summed E-state index contributed by atoms with van der Waals surface area (Å²) in [5, 5.41) is 19.6. The summed E-state index contributed by atoms with van der Waals surface area (Å²) in [5.41, 5.74) is 1.57. The van der Waals surface area contributed by atoms with Gasteiger partial charge in [0.25, 0.3) is 0 Å². The number of hydrogen-bond donors (Lipinski definition) is 2. The summed E-state index contributed by atoms with van der Waals surface area (Å²) >= 11 is 0. The third kappa shape index (κ3) is 3.33. The van der Waals surface area contributed by atoms with Gasteiger partial charge in [0.15, 0.2) is 11.6 Å². The predicted octanol–water partition coefficient (Wildman–Crippen LogP) is 2.11. The van der Waals surface area contributed by atoms with Crippen LogP contribution in [0.2, 0.25) is 0 Å². The molecular weight excluding hydrogens is 299 g/mol. The lowest BCUT2D eigenvalue weighted by Gasteiger charge is -2.15. The van der Waals surface area contributed by atoms with Gasteiger partial charge in [-0.3, -0.25) is 0 Å². The molecule has 0 fully saturated rings. The number of hydrogen-bond acceptors (Lipinski definition) is 4. The summed E-state index contributed by atoms with van der Waals surface area (Å²) in [6, 6.07) is 13.5. The van der Waals surface area contributed by atoms with Gasteiger partial charge in [-0.15, -0.1) is 0 Å². The van der Waals surface area contributed by atoms with Crippen molar-refractivity contribution in [3.05, 3.63) is 60.2 Å². The Morgan fingerprint density at radius 3 is 2.65 bits per heavy atom. The molecule has 120 valence electrons. The zero-order valence-corrected chi connectivity index (χ0v) is 12.4. The minimum absolute atomic E-state index is 0.0572. The topological polar surface area (TPSA) is 67.5 Å². The van der Waals surface area contributed by atoms with Gasteiger partial charge in [-0.2, -0.15) is 0 Å². The SMILES string of the molecule is OCc1nc2ccccc2n1C[C@@H](O)COc1ccccc1F. The first-order valence-corrected chi connectivity index (χ1v) is 7.29. The van der Waals surface area contributed by atoms with Crippen LogP contribution >= 0.6 is 0 Å². The standard InChI is InChI=1S/C17H17FN2O3/c18-13-5-1-4-8-16(13)23-11-12(22)9-20-15-7-3-2-6-14(15)19-17(20)10-21/h1-8,12,21-22H,9-11H2/t12-/m1/s1. The highest BCUT2D eigenvalue weighted by Crippen LogP contribution is 2.18. The van der Waals surface area contributed by atoms with Gasteiger partial charge in [-0.25, -0.2) is 9.37 Å². The third-order valence-corrected chi connectivity index (χ3v) is 3.54. The number of aliphatic hydroxyl groups is 2. The van der Waals surface area contributed by atoms with Crippen molar-refractivity contribution in [2.45, 2.75) is 19.3 Å². The predicted molar refractivity (Wildman–Crippen MR) is 83.6 cm³/mol. The smallest absolute Gasteiger partial charge is 0.165 e. The molecule has 0 aliphatic heterocycles. The number of halogens is 1. The minimum Gasteiger partial charge on any atom is -0.488 e. The van der Waals surface area contributed by atoms with Crippen molar-refractivity contribution in [2.24, 2.45) is 0 Å². The van der Waals surface area contributed by atoms with Crippen LogP contribution in [0, 0.1) is 5.82 Å². The average Bonchev–Trinajstić information content (AvgIpc) is 2.92. The van der Waals surface area contributed by atoms with Crippen molar-refractivity contribution in [3.63, 3.8) is 0 Å². The van der Waals surface area contributed by atoms with Gasteiger partial charge in [0, 0.05) is 0 Å². The molecule has 23 heavy (non-hydrogen) atoms. The molecule has 3 aromatic rings. The highest BCUT2D eigenvalue weighted by atomic mass is 19.1. The van der Waals surface area contributed by atoms with E-state index in [1.807, 2.05) is 24.3 Å². The Morgan fingerprint density at radius 2 is 1.87 bits per heavy atom. The van der Waals surface area contributed by atoms with Crippen LogP contribution in [0.25, 0.3) is 11.0 Å². The lowest BCUT2D eigenvalue weighted by Crippen LogP contribution is -2.24. The number of imidazole rings is 1. The van der Waals surface area contributed by atoms with Crippen LogP contribution in [0.15, 0.2) is 48.5 Å². The molecule has 1 atom stereocenters. The summed E-state index contributed by atoms with van der Waals surface area (Å²) in [4.78, 5) is 4.32. The largest absolute Gasteiger partial charge is 0.488 e. The molecule has 0 spiro atoms. The molecule has 0 aliphatic carbocycles. The van der Waals surface area contributed by atoms with Crippen LogP contribution in [0.4, 0.5) is 4.39 Å². The van der Waals surface area contributed by atoms with Gasteiger partial charge >= 0.3 is 0 Å². The van der Waals surface area contributed by atoms with Crippen LogP contribution in [0.3, 0.4) is 0 Å². The molecule has 1 aromatic heterocycles. The number of aliphatic hydroxyl groups excluding tert-OH is 2. The molecule has 2 N–H and O–H groups in total. The van der Waals surface area contributed by atoms with Gasteiger partial charge in [0.1, 0.15) is 25.1 Å². The second kappa shape index (κ2) is 6.76. The molecule has 1 heterocycles. The molecule has 3 rings (SSSR count). The molecule has 5 nitrogen and oxygen atoms in total. The second-order valence-corrected chi connectivity index (χ2v) is 5.18. The Balaban J connectivity index is 1.73. The maximum Gasteiger partial charge on any atom is 0.165 e. The first-order valence-electron chi connectivity index (χ1n) is 7.29. The summed E-state index contributed by atoms with van der Waals surface area (Å²) in [6.45, 7) is -0.0846. The van der Waals surface area contributed by atoms with E-state index in [0.717, 1.165) is 11.0 Å². The molecule has 0 aliphatic rings. The van der Waals surface area contributed by atoms with E-state index in [2.05, 4.69) is 4.98 Å². The molecule has 0 radical (unpaired) electrons. The van der Waals surface area contributed by atoms with Gasteiger partial charge in [0.05, 0.1) is 17.6 Å². The van der Waals surface area contributed by atoms with Crippen LogP contribution in [-0.4, -0.2) is 32.5 Å². The Hall–Kier alpha value is -2.44. The molecule has 0 unspecified atom stereocenters. The normalized spacial score (nSPS) is 12.5. The Morgan fingerprint density at radius 1 is 1.13 bits per heavy atom. The van der Waals surface area contributed by atoms with E-state index in [0.29, 0.717) is 5.82 Å². The third-order valence-electron chi connectivity index (χ3n) is 3.54. The Kier molecular flexibility index (Phi) is 4.55. The number of fused-ring (bicyclic) bond motifs is 1. The molecule has 0 saturated carbocycles.